The first-order valence-electron chi connectivity index (χ1n) is 6.82. The highest BCUT2D eigenvalue weighted by Gasteiger charge is 2.13. The maximum Gasteiger partial charge on any atom is 0.160 e. The van der Waals surface area contributed by atoms with Crippen LogP contribution in [0.3, 0.4) is 0 Å². The predicted molar refractivity (Wildman–Crippen MR) is 78.6 cm³/mol. The van der Waals surface area contributed by atoms with Gasteiger partial charge < -0.3 is 9.30 Å². The van der Waals surface area contributed by atoms with Gasteiger partial charge in [-0.25, -0.2) is 14.4 Å². The molecule has 2 heterocycles. The molecule has 0 aliphatic rings. The number of halogens is 1. The van der Waals surface area contributed by atoms with Crippen LogP contribution in [0.25, 0.3) is 11.2 Å². The Morgan fingerprint density at radius 3 is 2.86 bits per heavy atom. The third-order valence-electron chi connectivity index (χ3n) is 3.40. The minimum atomic E-state index is -0.215. The fourth-order valence-electron chi connectivity index (χ4n) is 2.35. The van der Waals surface area contributed by atoms with Crippen molar-refractivity contribution in [2.45, 2.75) is 13.0 Å². The molecular formula is C16H16FN3O. The van der Waals surface area contributed by atoms with Crippen LogP contribution in [-0.4, -0.2) is 28.3 Å². The third kappa shape index (κ3) is 2.78. The summed E-state index contributed by atoms with van der Waals surface area (Å²) in [4.78, 5) is 8.95. The number of ether oxygens (including phenoxy) is 1. The molecule has 0 aliphatic heterocycles. The second kappa shape index (κ2) is 6.01. The van der Waals surface area contributed by atoms with Crippen molar-refractivity contribution in [3.8, 4) is 0 Å². The van der Waals surface area contributed by atoms with E-state index in [0.717, 1.165) is 17.0 Å². The van der Waals surface area contributed by atoms with E-state index >= 15 is 0 Å². The first kappa shape index (κ1) is 13.7. The standard InChI is InChI=1S/C16H16FN3O/c1-21-10-8-15-19-14-7-4-9-18-16(14)20(15)11-12-5-2-3-6-13(12)17/h2-7,9H,8,10-11H2,1H3. The number of fused-ring (bicyclic) bond motifs is 1. The number of rotatable bonds is 5. The number of methoxy groups -OCH3 is 1. The van der Waals surface area contributed by atoms with Crippen molar-refractivity contribution in [1.82, 2.24) is 14.5 Å². The van der Waals surface area contributed by atoms with Gasteiger partial charge in [-0.1, -0.05) is 18.2 Å². The van der Waals surface area contributed by atoms with Gasteiger partial charge in [-0.3, -0.25) is 0 Å². The smallest absolute Gasteiger partial charge is 0.160 e. The normalized spacial score (nSPS) is 11.1. The molecule has 0 aliphatic carbocycles. The summed E-state index contributed by atoms with van der Waals surface area (Å²) in [5, 5.41) is 0. The Kier molecular flexibility index (Phi) is 3.92. The van der Waals surface area contributed by atoms with Gasteiger partial charge in [0, 0.05) is 25.3 Å². The van der Waals surface area contributed by atoms with Crippen molar-refractivity contribution in [2.75, 3.05) is 13.7 Å². The summed E-state index contributed by atoms with van der Waals surface area (Å²) < 4.78 is 21.0. The highest BCUT2D eigenvalue weighted by atomic mass is 19.1. The minimum absolute atomic E-state index is 0.215. The molecule has 0 radical (unpaired) electrons. The number of benzene rings is 1. The number of nitrogens with zero attached hydrogens (tertiary/aromatic N) is 3. The number of pyridine rings is 1. The summed E-state index contributed by atoms with van der Waals surface area (Å²) in [5.74, 6) is 0.641. The molecule has 0 atom stereocenters. The Balaban J connectivity index is 2.04. The first-order chi connectivity index (χ1) is 10.3. The van der Waals surface area contributed by atoms with Crippen LogP contribution >= 0.6 is 0 Å². The molecule has 4 nitrogen and oxygen atoms in total. The summed E-state index contributed by atoms with van der Waals surface area (Å²) in [7, 11) is 1.65. The topological polar surface area (TPSA) is 39.9 Å². The molecule has 3 aromatic rings. The molecule has 0 spiro atoms. The molecule has 108 valence electrons. The van der Waals surface area contributed by atoms with E-state index in [9.17, 15) is 4.39 Å². The Hall–Kier alpha value is -2.27. The van der Waals surface area contributed by atoms with Crippen LogP contribution in [0.4, 0.5) is 4.39 Å². The summed E-state index contributed by atoms with van der Waals surface area (Å²) >= 11 is 0. The van der Waals surface area contributed by atoms with Crippen molar-refractivity contribution in [1.29, 1.82) is 0 Å². The summed E-state index contributed by atoms with van der Waals surface area (Å²) in [6.07, 6.45) is 2.39. The van der Waals surface area contributed by atoms with E-state index in [2.05, 4.69) is 9.97 Å². The van der Waals surface area contributed by atoms with Gasteiger partial charge in [0.25, 0.3) is 0 Å². The van der Waals surface area contributed by atoms with Crippen molar-refractivity contribution in [3.05, 3.63) is 59.8 Å². The highest BCUT2D eigenvalue weighted by Crippen LogP contribution is 2.17. The van der Waals surface area contributed by atoms with E-state index < -0.39 is 0 Å². The van der Waals surface area contributed by atoms with Gasteiger partial charge in [0.05, 0.1) is 13.2 Å². The van der Waals surface area contributed by atoms with E-state index in [0.29, 0.717) is 25.1 Å². The molecule has 0 bridgehead atoms. The van der Waals surface area contributed by atoms with Crippen LogP contribution in [0.15, 0.2) is 42.6 Å². The minimum Gasteiger partial charge on any atom is -0.384 e. The number of aromatic nitrogens is 3. The van der Waals surface area contributed by atoms with Crippen LogP contribution < -0.4 is 0 Å². The Morgan fingerprint density at radius 2 is 2.05 bits per heavy atom. The largest absolute Gasteiger partial charge is 0.384 e. The fourth-order valence-corrected chi connectivity index (χ4v) is 2.35. The molecule has 2 aromatic heterocycles. The van der Waals surface area contributed by atoms with Gasteiger partial charge in [0.15, 0.2) is 5.65 Å². The zero-order valence-electron chi connectivity index (χ0n) is 11.8. The van der Waals surface area contributed by atoms with E-state index in [4.69, 9.17) is 4.74 Å². The Labute approximate surface area is 122 Å². The van der Waals surface area contributed by atoms with Crippen molar-refractivity contribution in [2.24, 2.45) is 0 Å². The van der Waals surface area contributed by atoms with Gasteiger partial charge in [-0.2, -0.15) is 0 Å². The number of hydrogen-bond acceptors (Lipinski definition) is 3. The van der Waals surface area contributed by atoms with Gasteiger partial charge in [0.2, 0.25) is 0 Å². The van der Waals surface area contributed by atoms with E-state index in [-0.39, 0.29) is 5.82 Å². The molecule has 0 unspecified atom stereocenters. The van der Waals surface area contributed by atoms with Crippen molar-refractivity contribution >= 4 is 11.2 Å². The first-order valence-corrected chi connectivity index (χ1v) is 6.82. The second-order valence-corrected chi connectivity index (χ2v) is 4.79. The van der Waals surface area contributed by atoms with Gasteiger partial charge in [-0.15, -0.1) is 0 Å². The zero-order valence-corrected chi connectivity index (χ0v) is 11.8. The van der Waals surface area contributed by atoms with Gasteiger partial charge in [0.1, 0.15) is 17.2 Å². The maximum absolute atomic E-state index is 13.9. The molecule has 3 rings (SSSR count). The molecule has 0 N–H and O–H groups in total. The Morgan fingerprint density at radius 1 is 1.19 bits per heavy atom. The van der Waals surface area contributed by atoms with E-state index in [1.165, 1.54) is 6.07 Å². The van der Waals surface area contributed by atoms with Crippen molar-refractivity contribution in [3.63, 3.8) is 0 Å². The average molecular weight is 285 g/mol. The quantitative estimate of drug-likeness (QED) is 0.723. The van der Waals surface area contributed by atoms with Crippen molar-refractivity contribution < 1.29 is 9.13 Å². The second-order valence-electron chi connectivity index (χ2n) is 4.79. The molecule has 0 saturated heterocycles. The SMILES string of the molecule is COCCc1nc2cccnc2n1Cc1ccccc1F. The summed E-state index contributed by atoms with van der Waals surface area (Å²) in [5.41, 5.74) is 2.22. The monoisotopic (exact) mass is 285 g/mol. The molecule has 0 fully saturated rings. The van der Waals surface area contributed by atoms with Crippen LogP contribution in [0, 0.1) is 5.82 Å². The molecular weight excluding hydrogens is 269 g/mol. The lowest BCUT2D eigenvalue weighted by atomic mass is 10.2. The Bertz CT molecular complexity index is 754. The summed E-state index contributed by atoms with van der Waals surface area (Å²) in [6, 6.07) is 10.5. The van der Waals surface area contributed by atoms with Gasteiger partial charge >= 0.3 is 0 Å². The molecule has 1 aromatic carbocycles. The average Bonchev–Trinajstić information content (AvgIpc) is 2.85. The van der Waals surface area contributed by atoms with Crippen LogP contribution in [0.5, 0.6) is 0 Å². The van der Waals surface area contributed by atoms with E-state index in [1.54, 1.807) is 25.4 Å². The van der Waals surface area contributed by atoms with Crippen LogP contribution in [0.2, 0.25) is 0 Å². The molecule has 21 heavy (non-hydrogen) atoms. The van der Waals surface area contributed by atoms with Crippen LogP contribution in [0.1, 0.15) is 11.4 Å². The van der Waals surface area contributed by atoms with Crippen LogP contribution in [-0.2, 0) is 17.7 Å². The van der Waals surface area contributed by atoms with Gasteiger partial charge in [-0.05, 0) is 18.2 Å². The number of hydrogen-bond donors (Lipinski definition) is 0. The third-order valence-corrected chi connectivity index (χ3v) is 3.40. The van der Waals surface area contributed by atoms with E-state index in [1.807, 2.05) is 22.8 Å². The number of imidazole rings is 1. The highest BCUT2D eigenvalue weighted by molar-refractivity contribution is 5.71. The fraction of sp³-hybridized carbons (Fsp3) is 0.250. The molecule has 5 heteroatoms. The maximum atomic E-state index is 13.9. The lowest BCUT2D eigenvalue weighted by molar-refractivity contribution is 0.200. The lowest BCUT2D eigenvalue weighted by Crippen LogP contribution is -2.09. The molecule has 0 amide bonds. The lowest BCUT2D eigenvalue weighted by Gasteiger charge is -2.09. The predicted octanol–water partition coefficient (Wildman–Crippen LogP) is 2.81. The zero-order chi connectivity index (χ0) is 14.7. The molecule has 0 saturated carbocycles. The summed E-state index contributed by atoms with van der Waals surface area (Å²) in [6.45, 7) is 0.986.